The number of ether oxygens (including phenoxy) is 1. The second-order valence-corrected chi connectivity index (χ2v) is 8.19. The predicted octanol–water partition coefficient (Wildman–Crippen LogP) is 5.33. The molecule has 0 aliphatic heterocycles. The quantitative estimate of drug-likeness (QED) is 0.419. The monoisotopic (exact) mass is 444 g/mol. The first-order chi connectivity index (χ1) is 15.9. The Balaban J connectivity index is 1.65. The summed E-state index contributed by atoms with van der Waals surface area (Å²) < 4.78 is 21.0. The molecule has 6 heteroatoms. The van der Waals surface area contributed by atoms with Gasteiger partial charge in [-0.3, -0.25) is 9.59 Å². The number of carbonyl (C=O) groups excluding carboxylic acids is 1. The summed E-state index contributed by atoms with van der Waals surface area (Å²) in [5.74, 6) is -0.0158. The lowest BCUT2D eigenvalue weighted by atomic mass is 9.98. The van der Waals surface area contributed by atoms with Crippen molar-refractivity contribution >= 4 is 22.5 Å². The van der Waals surface area contributed by atoms with E-state index in [1.54, 1.807) is 47.0 Å². The lowest BCUT2D eigenvalue weighted by Gasteiger charge is -2.17. The molecule has 1 aromatic heterocycles. The molecule has 0 atom stereocenters. The van der Waals surface area contributed by atoms with E-state index < -0.39 is 0 Å². The molecule has 168 valence electrons. The Kier molecular flexibility index (Phi) is 6.54. The smallest absolute Gasteiger partial charge is 0.262 e. The second-order valence-electron chi connectivity index (χ2n) is 8.19. The van der Waals surface area contributed by atoms with Crippen LogP contribution in [-0.2, 0) is 11.3 Å². The van der Waals surface area contributed by atoms with E-state index in [1.165, 1.54) is 12.1 Å². The van der Waals surface area contributed by atoms with Crippen LogP contribution in [0.3, 0.4) is 0 Å². The molecule has 0 radical (unpaired) electrons. The van der Waals surface area contributed by atoms with Crippen molar-refractivity contribution < 1.29 is 13.9 Å². The Morgan fingerprint density at radius 2 is 1.79 bits per heavy atom. The second kappa shape index (κ2) is 9.69. The van der Waals surface area contributed by atoms with Crippen molar-refractivity contribution in [3.8, 4) is 5.75 Å². The summed E-state index contributed by atoms with van der Waals surface area (Å²) >= 11 is 0. The standard InChI is InChI=1S/C27H25FN2O3/c1-18(2)24-15-27(32)30(16-19-7-6-8-20(28)13-19)25-14-22(11-12-23(24)25)33-17-26(31)29-21-9-4-3-5-10-21/h3-15,18H,16-17H2,1-2H3,(H,29,31). The van der Waals surface area contributed by atoms with E-state index in [0.717, 1.165) is 10.9 Å². The zero-order valence-electron chi connectivity index (χ0n) is 18.5. The first-order valence-corrected chi connectivity index (χ1v) is 10.8. The van der Waals surface area contributed by atoms with Gasteiger partial charge in [0.05, 0.1) is 12.1 Å². The number of hydrogen-bond acceptors (Lipinski definition) is 3. The summed E-state index contributed by atoms with van der Waals surface area (Å²) in [6.07, 6.45) is 0. The number of carbonyl (C=O) groups is 1. The number of nitrogens with one attached hydrogen (secondary N) is 1. The van der Waals surface area contributed by atoms with Crippen LogP contribution in [0.4, 0.5) is 10.1 Å². The molecule has 0 aliphatic carbocycles. The SMILES string of the molecule is CC(C)c1cc(=O)n(Cc2cccc(F)c2)c2cc(OCC(=O)Nc3ccccc3)ccc12. The van der Waals surface area contributed by atoms with Crippen LogP contribution in [0.5, 0.6) is 5.75 Å². The van der Waals surface area contributed by atoms with Crippen LogP contribution >= 0.6 is 0 Å². The van der Waals surface area contributed by atoms with Crippen LogP contribution < -0.4 is 15.6 Å². The van der Waals surface area contributed by atoms with Gasteiger partial charge in [0, 0.05) is 23.2 Å². The molecule has 0 saturated carbocycles. The van der Waals surface area contributed by atoms with Gasteiger partial charge in [-0.15, -0.1) is 0 Å². The van der Waals surface area contributed by atoms with Gasteiger partial charge < -0.3 is 14.6 Å². The van der Waals surface area contributed by atoms with Crippen LogP contribution in [0, 0.1) is 5.82 Å². The number of para-hydroxylation sites is 1. The molecule has 1 N–H and O–H groups in total. The summed E-state index contributed by atoms with van der Waals surface area (Å²) in [6.45, 7) is 4.12. The van der Waals surface area contributed by atoms with Crippen molar-refractivity contribution in [1.82, 2.24) is 4.57 Å². The zero-order chi connectivity index (χ0) is 23.4. The number of pyridine rings is 1. The molecule has 0 bridgehead atoms. The van der Waals surface area contributed by atoms with Crippen molar-refractivity contribution in [3.05, 3.63) is 106 Å². The summed E-state index contributed by atoms with van der Waals surface area (Å²) in [5, 5.41) is 3.70. The molecule has 1 amide bonds. The topological polar surface area (TPSA) is 60.3 Å². The average molecular weight is 445 g/mol. The Morgan fingerprint density at radius 1 is 1.00 bits per heavy atom. The molecule has 3 aromatic carbocycles. The van der Waals surface area contributed by atoms with Gasteiger partial charge in [0.1, 0.15) is 11.6 Å². The van der Waals surface area contributed by atoms with Crippen molar-refractivity contribution in [1.29, 1.82) is 0 Å². The molecule has 0 spiro atoms. The number of anilines is 1. The fraction of sp³-hybridized carbons (Fsp3) is 0.185. The maximum absolute atomic E-state index is 13.7. The highest BCUT2D eigenvalue weighted by atomic mass is 19.1. The van der Waals surface area contributed by atoms with Gasteiger partial charge in [-0.05, 0) is 53.4 Å². The van der Waals surface area contributed by atoms with Crippen LogP contribution in [0.2, 0.25) is 0 Å². The number of fused-ring (bicyclic) bond motifs is 1. The molecule has 5 nitrogen and oxygen atoms in total. The number of aromatic nitrogens is 1. The minimum absolute atomic E-state index is 0.146. The third-order valence-electron chi connectivity index (χ3n) is 5.40. The van der Waals surface area contributed by atoms with Crippen LogP contribution in [0.1, 0.15) is 30.9 Å². The van der Waals surface area contributed by atoms with Gasteiger partial charge in [0.25, 0.3) is 11.5 Å². The number of halogens is 1. The fourth-order valence-electron chi connectivity index (χ4n) is 3.80. The van der Waals surface area contributed by atoms with E-state index in [2.05, 4.69) is 5.32 Å². The highest BCUT2D eigenvalue weighted by Crippen LogP contribution is 2.28. The molecule has 0 aliphatic rings. The lowest BCUT2D eigenvalue weighted by Crippen LogP contribution is -2.22. The number of nitrogens with zero attached hydrogens (tertiary/aromatic N) is 1. The van der Waals surface area contributed by atoms with Gasteiger partial charge in [-0.1, -0.05) is 44.2 Å². The Hall–Kier alpha value is -3.93. The van der Waals surface area contributed by atoms with Gasteiger partial charge in [-0.2, -0.15) is 0 Å². The fourth-order valence-corrected chi connectivity index (χ4v) is 3.80. The first kappa shape index (κ1) is 22.3. The molecular weight excluding hydrogens is 419 g/mol. The normalized spacial score (nSPS) is 11.0. The number of benzene rings is 3. The molecule has 4 aromatic rings. The van der Waals surface area contributed by atoms with Crippen molar-refractivity contribution in [3.63, 3.8) is 0 Å². The maximum Gasteiger partial charge on any atom is 0.262 e. The molecule has 1 heterocycles. The van der Waals surface area contributed by atoms with Gasteiger partial charge in [-0.25, -0.2) is 4.39 Å². The minimum atomic E-state index is -0.350. The molecule has 0 saturated heterocycles. The van der Waals surface area contributed by atoms with Crippen molar-refractivity contribution in [2.75, 3.05) is 11.9 Å². The van der Waals surface area contributed by atoms with Crippen LogP contribution in [0.15, 0.2) is 83.7 Å². The van der Waals surface area contributed by atoms with Gasteiger partial charge in [0.2, 0.25) is 0 Å². The zero-order valence-corrected chi connectivity index (χ0v) is 18.5. The van der Waals surface area contributed by atoms with E-state index >= 15 is 0 Å². The molecule has 33 heavy (non-hydrogen) atoms. The Labute approximate surface area is 191 Å². The van der Waals surface area contributed by atoms with E-state index in [1.807, 2.05) is 38.1 Å². The summed E-state index contributed by atoms with van der Waals surface area (Å²) in [5.41, 5.74) is 2.81. The third kappa shape index (κ3) is 5.29. The summed E-state index contributed by atoms with van der Waals surface area (Å²) in [6, 6.07) is 22.4. The van der Waals surface area contributed by atoms with Crippen molar-refractivity contribution in [2.45, 2.75) is 26.3 Å². The molecule has 0 fully saturated rings. The molecule has 0 unspecified atom stereocenters. The van der Waals surface area contributed by atoms with E-state index in [-0.39, 0.29) is 36.4 Å². The number of rotatable bonds is 7. The highest BCUT2D eigenvalue weighted by Gasteiger charge is 2.14. The highest BCUT2D eigenvalue weighted by molar-refractivity contribution is 5.92. The maximum atomic E-state index is 13.7. The molecular formula is C27H25FN2O3. The molecule has 4 rings (SSSR count). The number of amides is 1. The third-order valence-corrected chi connectivity index (χ3v) is 5.40. The Bertz CT molecular complexity index is 1350. The van der Waals surface area contributed by atoms with E-state index in [9.17, 15) is 14.0 Å². The minimum Gasteiger partial charge on any atom is -0.484 e. The summed E-state index contributed by atoms with van der Waals surface area (Å²) in [7, 11) is 0. The van der Waals surface area contributed by atoms with Crippen LogP contribution in [0.25, 0.3) is 10.9 Å². The number of hydrogen-bond donors (Lipinski definition) is 1. The predicted molar refractivity (Wildman–Crippen MR) is 128 cm³/mol. The van der Waals surface area contributed by atoms with Gasteiger partial charge >= 0.3 is 0 Å². The largest absolute Gasteiger partial charge is 0.484 e. The first-order valence-electron chi connectivity index (χ1n) is 10.8. The van der Waals surface area contributed by atoms with Crippen LogP contribution in [-0.4, -0.2) is 17.1 Å². The van der Waals surface area contributed by atoms with Gasteiger partial charge in [0.15, 0.2) is 6.61 Å². The Morgan fingerprint density at radius 3 is 2.52 bits per heavy atom. The van der Waals surface area contributed by atoms with Crippen molar-refractivity contribution in [2.24, 2.45) is 0 Å². The summed E-state index contributed by atoms with van der Waals surface area (Å²) in [4.78, 5) is 25.3. The average Bonchev–Trinajstić information content (AvgIpc) is 2.80. The van der Waals surface area contributed by atoms with E-state index in [4.69, 9.17) is 4.74 Å². The van der Waals surface area contributed by atoms with E-state index in [0.29, 0.717) is 22.5 Å². The lowest BCUT2D eigenvalue weighted by molar-refractivity contribution is -0.118.